The third-order valence-electron chi connectivity index (χ3n) is 1.39. The molecule has 13 heavy (non-hydrogen) atoms. The summed E-state index contributed by atoms with van der Waals surface area (Å²) in [7, 11) is 0. The normalized spacial score (nSPS) is 20.5. The second-order valence-corrected chi connectivity index (χ2v) is 2.39. The van der Waals surface area contributed by atoms with Crippen molar-refractivity contribution in [2.45, 2.75) is 31.0 Å². The highest BCUT2D eigenvalue weighted by Gasteiger charge is 2.27. The van der Waals surface area contributed by atoms with Gasteiger partial charge < -0.3 is 31.0 Å². The number of nitrogens with two attached hydrogens (primary N) is 1. The Hall–Kier alpha value is -0.240. The maximum Gasteiger partial charge on any atom is 0.131 e. The van der Waals surface area contributed by atoms with E-state index >= 15 is 0 Å². The van der Waals surface area contributed by atoms with Gasteiger partial charge in [-0.25, -0.2) is 0 Å². The number of aliphatic hydroxyl groups excluding tert-OH is 4. The van der Waals surface area contributed by atoms with E-state index in [1.807, 2.05) is 0 Å². The van der Waals surface area contributed by atoms with E-state index in [0.29, 0.717) is 0 Å². The Morgan fingerprint density at radius 2 is 1.77 bits per heavy atom. The van der Waals surface area contributed by atoms with E-state index in [9.17, 15) is 4.79 Å². The number of hydrogen-bond acceptors (Lipinski definition) is 6. The number of carbonyl (C=O) groups excluding carboxylic acids is 1. The molecule has 0 rings (SSSR count). The van der Waals surface area contributed by atoms with Crippen LogP contribution in [0.15, 0.2) is 0 Å². The van der Waals surface area contributed by atoms with Gasteiger partial charge in [-0.05, 0) is 0 Å². The number of rotatable bonds is 5. The number of aldehydes is 1. The first-order valence-corrected chi connectivity index (χ1v) is 3.33. The molecule has 0 radical (unpaired) electrons. The average molecular weight is 217 g/mol. The summed E-state index contributed by atoms with van der Waals surface area (Å²) >= 11 is 0. The quantitative estimate of drug-likeness (QED) is 0.253. The molecule has 0 bridgehead atoms. The monoisotopic (exact) mass is 216 g/mol. The van der Waals surface area contributed by atoms with Gasteiger partial charge in [0.2, 0.25) is 0 Å². The van der Waals surface area contributed by atoms with E-state index in [4.69, 9.17) is 27.5 Å². The lowest BCUT2D eigenvalue weighted by Gasteiger charge is -2.23. The van der Waals surface area contributed by atoms with Crippen LogP contribution in [0.25, 0.3) is 0 Å². The highest BCUT2D eigenvalue weighted by atomic mass is 35.5. The van der Waals surface area contributed by atoms with Gasteiger partial charge in [0, 0.05) is 6.42 Å². The van der Waals surface area contributed by atoms with Crippen molar-refractivity contribution in [1.82, 2.24) is 0 Å². The highest BCUT2D eigenvalue weighted by molar-refractivity contribution is 5.85. The first-order chi connectivity index (χ1) is 5.86. The van der Waals surface area contributed by atoms with Gasteiger partial charge in [-0.1, -0.05) is 0 Å². The lowest BCUT2D eigenvalue weighted by molar-refractivity contribution is -0.120. The molecule has 0 aromatic heterocycles. The molecule has 0 saturated carbocycles. The van der Waals surface area contributed by atoms with Crippen LogP contribution in [0.5, 0.6) is 0 Å². The second-order valence-electron chi connectivity index (χ2n) is 2.39. The molecule has 6 nitrogen and oxygen atoms in total. The zero-order valence-corrected chi connectivity index (χ0v) is 7.52. The van der Waals surface area contributed by atoms with Crippen molar-refractivity contribution in [2.75, 3.05) is 0 Å². The van der Waals surface area contributed by atoms with Gasteiger partial charge in [-0.2, -0.15) is 0 Å². The zero-order chi connectivity index (χ0) is 10.6. The molecule has 0 aliphatic carbocycles. The van der Waals surface area contributed by atoms with Crippen molar-refractivity contribution >= 4 is 18.7 Å². The van der Waals surface area contributed by atoms with Crippen LogP contribution in [0.2, 0.25) is 0 Å². The minimum Gasteiger partial charge on any atom is -0.390 e. The Kier molecular flexibility index (Phi) is 7.06. The molecule has 0 aliphatic rings. The first kappa shape index (κ1) is 12.8. The molecular formula is C6H14ClNO5. The number of halogens is 1. The van der Waals surface area contributed by atoms with Crippen LogP contribution in [0.4, 0.5) is 0 Å². The zero-order valence-electron chi connectivity index (χ0n) is 7.70. The van der Waals surface area contributed by atoms with E-state index in [2.05, 4.69) is 0 Å². The second kappa shape index (κ2) is 7.19. The molecule has 7 heteroatoms. The van der Waals surface area contributed by atoms with Crippen molar-refractivity contribution in [3.8, 4) is 0 Å². The van der Waals surface area contributed by atoms with Crippen LogP contribution in [-0.4, -0.2) is 51.2 Å². The van der Waals surface area contributed by atoms with E-state index < -0.39 is 37.2 Å². The Balaban J connectivity index is 0. The molecule has 6 N–H and O–H groups in total. The Bertz CT molecular complexity index is 182. The summed E-state index contributed by atoms with van der Waals surface area (Å²) in [6.45, 7) is 0. The van der Waals surface area contributed by atoms with Crippen LogP contribution >= 0.6 is 12.4 Å². The van der Waals surface area contributed by atoms with Gasteiger partial charge >= 0.3 is 0 Å². The van der Waals surface area contributed by atoms with Crippen LogP contribution in [0.1, 0.15) is 7.79 Å². The fourth-order valence-corrected chi connectivity index (χ4v) is 0.636. The van der Waals surface area contributed by atoms with Crippen molar-refractivity contribution < 1.29 is 26.6 Å². The third-order valence-corrected chi connectivity index (χ3v) is 1.39. The minimum absolute atomic E-state index is 0. The standard InChI is InChI=1S/C6H13NO5.ClH/c7-6(12)5(11)4(10)3(9)1-2-8;/h2-6,9-12H,1,7H2;1H/t3-,4+,5+,6?;/m1./s1/i2D;. The third kappa shape index (κ3) is 5.14. The Labute approximate surface area is 82.8 Å². The Morgan fingerprint density at radius 3 is 2.08 bits per heavy atom. The SMILES string of the molecule is Cl.[2H]C(=O)C[C@@H](O)[C@H](O)[C@H](O)C(N)O. The fraction of sp³-hybridized carbons (Fsp3) is 0.833. The number of carbonyl (C=O) groups is 1. The lowest BCUT2D eigenvalue weighted by atomic mass is 10.1. The molecule has 0 spiro atoms. The molecule has 80 valence electrons. The van der Waals surface area contributed by atoms with Gasteiger partial charge in [0.1, 0.15) is 26.1 Å². The summed E-state index contributed by atoms with van der Waals surface area (Å²) in [5.74, 6) is 0. The van der Waals surface area contributed by atoms with Gasteiger partial charge in [-0.3, -0.25) is 0 Å². The topological polar surface area (TPSA) is 124 Å². The van der Waals surface area contributed by atoms with Crippen LogP contribution in [0, 0.1) is 0 Å². The molecule has 0 amide bonds. The summed E-state index contributed by atoms with van der Waals surface area (Å²) < 4.78 is 6.46. The molecule has 0 aliphatic heterocycles. The predicted molar refractivity (Wildman–Crippen MR) is 46.1 cm³/mol. The van der Waals surface area contributed by atoms with Crippen molar-refractivity contribution in [1.29, 1.82) is 0 Å². The maximum atomic E-state index is 10.2. The van der Waals surface area contributed by atoms with E-state index in [0.717, 1.165) is 0 Å². The Morgan fingerprint density at radius 1 is 1.31 bits per heavy atom. The summed E-state index contributed by atoms with van der Waals surface area (Å²) in [6, 6.07) is 0. The molecule has 0 saturated heterocycles. The molecule has 0 aromatic carbocycles. The average Bonchev–Trinajstić information content (AvgIpc) is 2.00. The molecule has 4 atom stereocenters. The highest BCUT2D eigenvalue weighted by Crippen LogP contribution is 2.04. The maximum absolute atomic E-state index is 10.2. The van der Waals surface area contributed by atoms with Gasteiger partial charge in [-0.15, -0.1) is 12.4 Å². The van der Waals surface area contributed by atoms with Gasteiger partial charge in [0.25, 0.3) is 0 Å². The minimum atomic E-state index is -1.74. The molecule has 0 fully saturated rings. The van der Waals surface area contributed by atoms with E-state index in [1.165, 1.54) is 0 Å². The smallest absolute Gasteiger partial charge is 0.131 e. The predicted octanol–water partition coefficient (Wildman–Crippen LogP) is -2.64. The van der Waals surface area contributed by atoms with Crippen molar-refractivity contribution in [3.63, 3.8) is 0 Å². The summed E-state index contributed by atoms with van der Waals surface area (Å²) in [6.07, 6.45) is -8.48. The largest absolute Gasteiger partial charge is 0.390 e. The van der Waals surface area contributed by atoms with Crippen molar-refractivity contribution in [2.24, 2.45) is 5.73 Å². The summed E-state index contributed by atoms with van der Waals surface area (Å²) in [5.41, 5.74) is 4.81. The fourth-order valence-electron chi connectivity index (χ4n) is 0.636. The number of hydrogen-bond donors (Lipinski definition) is 5. The van der Waals surface area contributed by atoms with E-state index in [-0.39, 0.29) is 12.4 Å². The number of aliphatic hydroxyl groups is 4. The van der Waals surface area contributed by atoms with Gasteiger partial charge in [0.05, 0.1) is 6.10 Å². The first-order valence-electron chi connectivity index (χ1n) is 3.83. The van der Waals surface area contributed by atoms with Crippen LogP contribution in [-0.2, 0) is 4.79 Å². The summed E-state index contributed by atoms with van der Waals surface area (Å²) in [5, 5.41) is 35.5. The van der Waals surface area contributed by atoms with E-state index in [1.54, 1.807) is 0 Å². The molecule has 1 unspecified atom stereocenters. The molecule has 0 aromatic rings. The molecule has 0 heterocycles. The molecular weight excluding hydrogens is 202 g/mol. The lowest BCUT2D eigenvalue weighted by Crippen LogP contribution is -2.48. The summed E-state index contributed by atoms with van der Waals surface area (Å²) in [4.78, 5) is 10.2. The van der Waals surface area contributed by atoms with Gasteiger partial charge in [0.15, 0.2) is 0 Å². The van der Waals surface area contributed by atoms with Crippen LogP contribution < -0.4 is 5.73 Å². The van der Waals surface area contributed by atoms with Crippen LogP contribution in [0.3, 0.4) is 0 Å². The van der Waals surface area contributed by atoms with Crippen molar-refractivity contribution in [3.05, 3.63) is 0 Å².